The van der Waals surface area contributed by atoms with Gasteiger partial charge in [-0.2, -0.15) is 4.98 Å². The van der Waals surface area contributed by atoms with Crippen LogP contribution in [0.3, 0.4) is 0 Å². The van der Waals surface area contributed by atoms with Crippen LogP contribution < -0.4 is 5.32 Å². The van der Waals surface area contributed by atoms with Gasteiger partial charge in [-0.3, -0.25) is 0 Å². The van der Waals surface area contributed by atoms with E-state index < -0.39 is 5.97 Å². The maximum absolute atomic E-state index is 12.1. The Balaban J connectivity index is 1.66. The van der Waals surface area contributed by atoms with Gasteiger partial charge in [-0.15, -0.1) is 11.3 Å². The minimum atomic E-state index is -0.444. The number of anilines is 1. The molecule has 2 aromatic heterocycles. The summed E-state index contributed by atoms with van der Waals surface area (Å²) in [6.07, 6.45) is 0. The molecule has 0 aliphatic heterocycles. The Hall–Kier alpha value is -2.67. The van der Waals surface area contributed by atoms with E-state index in [2.05, 4.69) is 15.5 Å². The number of benzene rings is 1. The van der Waals surface area contributed by atoms with Crippen LogP contribution in [0.1, 0.15) is 16.2 Å². The van der Waals surface area contributed by atoms with Crippen LogP contribution in [0.4, 0.5) is 5.69 Å². The highest BCUT2D eigenvalue weighted by atomic mass is 32.1. The molecule has 1 N–H and O–H groups in total. The van der Waals surface area contributed by atoms with Crippen LogP contribution in [0, 0.1) is 0 Å². The standard InChI is InChI=1S/C15H13N3O3S/c1-16-11-6-3-2-5-10(11)15(19)20-9-13-17-14(18-21-13)12-7-4-8-22-12/h2-8,16H,9H2,1H3. The average molecular weight is 315 g/mol. The molecule has 0 amide bonds. The van der Waals surface area contributed by atoms with Crippen LogP contribution in [-0.2, 0) is 11.3 Å². The summed E-state index contributed by atoms with van der Waals surface area (Å²) in [5.74, 6) is 0.316. The number of nitrogens with zero attached hydrogens (tertiary/aromatic N) is 2. The van der Waals surface area contributed by atoms with E-state index in [0.717, 1.165) is 4.88 Å². The van der Waals surface area contributed by atoms with E-state index in [-0.39, 0.29) is 12.5 Å². The van der Waals surface area contributed by atoms with E-state index in [1.54, 1.807) is 25.2 Å². The first-order valence-corrected chi connectivity index (χ1v) is 7.46. The number of thiophene rings is 1. The molecule has 0 fully saturated rings. The van der Waals surface area contributed by atoms with Gasteiger partial charge in [0.1, 0.15) is 0 Å². The first-order chi connectivity index (χ1) is 10.8. The lowest BCUT2D eigenvalue weighted by molar-refractivity contribution is 0.0431. The van der Waals surface area contributed by atoms with Crippen molar-refractivity contribution < 1.29 is 14.1 Å². The summed E-state index contributed by atoms with van der Waals surface area (Å²) in [4.78, 5) is 17.2. The molecule has 7 heteroatoms. The molecule has 0 aliphatic carbocycles. The number of ether oxygens (including phenoxy) is 1. The molecule has 0 bridgehead atoms. The van der Waals surface area contributed by atoms with Gasteiger partial charge in [-0.25, -0.2) is 4.79 Å². The summed E-state index contributed by atoms with van der Waals surface area (Å²) in [6, 6.07) is 10.9. The highest BCUT2D eigenvalue weighted by molar-refractivity contribution is 7.13. The first kappa shape index (κ1) is 14.3. The van der Waals surface area contributed by atoms with E-state index in [1.165, 1.54) is 11.3 Å². The molecule has 1 aromatic carbocycles. The second-order valence-electron chi connectivity index (χ2n) is 4.36. The highest BCUT2D eigenvalue weighted by Gasteiger charge is 2.15. The molecule has 0 spiro atoms. The summed E-state index contributed by atoms with van der Waals surface area (Å²) in [5, 5.41) is 8.74. The number of carbonyl (C=O) groups excluding carboxylic acids is 1. The number of carbonyl (C=O) groups is 1. The zero-order valence-electron chi connectivity index (χ0n) is 11.8. The molecule has 0 unspecified atom stereocenters. The van der Waals surface area contributed by atoms with Gasteiger partial charge in [-0.05, 0) is 23.6 Å². The predicted octanol–water partition coefficient (Wildman–Crippen LogP) is 3.20. The van der Waals surface area contributed by atoms with Crippen molar-refractivity contribution in [2.24, 2.45) is 0 Å². The molecule has 0 saturated heterocycles. The second-order valence-corrected chi connectivity index (χ2v) is 5.31. The van der Waals surface area contributed by atoms with Crippen molar-refractivity contribution in [2.45, 2.75) is 6.61 Å². The largest absolute Gasteiger partial charge is 0.452 e. The summed E-state index contributed by atoms with van der Waals surface area (Å²) < 4.78 is 10.3. The number of hydrogen-bond acceptors (Lipinski definition) is 7. The van der Waals surface area contributed by atoms with Gasteiger partial charge in [0.2, 0.25) is 5.82 Å². The fraction of sp³-hybridized carbons (Fsp3) is 0.133. The summed E-state index contributed by atoms with van der Waals surface area (Å²) in [6.45, 7) is -0.0603. The lowest BCUT2D eigenvalue weighted by atomic mass is 10.2. The molecule has 0 aliphatic rings. The van der Waals surface area contributed by atoms with Crippen molar-refractivity contribution in [1.29, 1.82) is 0 Å². The van der Waals surface area contributed by atoms with Gasteiger partial charge in [0.25, 0.3) is 5.89 Å². The molecule has 6 nitrogen and oxygen atoms in total. The number of para-hydroxylation sites is 1. The van der Waals surface area contributed by atoms with Crippen molar-refractivity contribution in [3.63, 3.8) is 0 Å². The van der Waals surface area contributed by atoms with Gasteiger partial charge in [-0.1, -0.05) is 23.4 Å². The molecular formula is C15H13N3O3S. The molecule has 0 radical (unpaired) electrons. The average Bonchev–Trinajstić information content (AvgIpc) is 3.23. The third kappa shape index (κ3) is 2.99. The van der Waals surface area contributed by atoms with Crippen molar-refractivity contribution >= 4 is 23.0 Å². The van der Waals surface area contributed by atoms with Gasteiger partial charge in [0, 0.05) is 12.7 Å². The molecule has 2 heterocycles. The van der Waals surface area contributed by atoms with Gasteiger partial charge < -0.3 is 14.6 Å². The van der Waals surface area contributed by atoms with E-state index in [1.807, 2.05) is 23.6 Å². The maximum atomic E-state index is 12.1. The predicted molar refractivity (Wildman–Crippen MR) is 82.7 cm³/mol. The minimum absolute atomic E-state index is 0.0603. The van der Waals surface area contributed by atoms with Crippen molar-refractivity contribution in [2.75, 3.05) is 12.4 Å². The second kappa shape index (κ2) is 6.40. The maximum Gasteiger partial charge on any atom is 0.340 e. The number of hydrogen-bond donors (Lipinski definition) is 1. The lowest BCUT2D eigenvalue weighted by Crippen LogP contribution is -2.08. The van der Waals surface area contributed by atoms with Crippen LogP contribution in [0.2, 0.25) is 0 Å². The third-order valence-electron chi connectivity index (χ3n) is 2.95. The quantitative estimate of drug-likeness (QED) is 0.729. The number of esters is 1. The fourth-order valence-corrected chi connectivity index (χ4v) is 2.55. The van der Waals surface area contributed by atoms with Crippen molar-refractivity contribution in [3.05, 3.63) is 53.2 Å². The van der Waals surface area contributed by atoms with E-state index >= 15 is 0 Å². The Kier molecular flexibility index (Phi) is 4.15. The molecule has 3 aromatic rings. The lowest BCUT2D eigenvalue weighted by Gasteiger charge is -2.07. The van der Waals surface area contributed by atoms with E-state index in [0.29, 0.717) is 17.1 Å². The summed E-state index contributed by atoms with van der Waals surface area (Å²) in [7, 11) is 1.75. The summed E-state index contributed by atoms with van der Waals surface area (Å²) >= 11 is 1.51. The van der Waals surface area contributed by atoms with Crippen LogP contribution in [0.25, 0.3) is 10.7 Å². The number of nitrogens with one attached hydrogen (secondary N) is 1. The van der Waals surface area contributed by atoms with Gasteiger partial charge in [0.15, 0.2) is 6.61 Å². The molecule has 0 atom stereocenters. The Labute approximate surface area is 130 Å². The smallest absolute Gasteiger partial charge is 0.340 e. The molecule has 112 valence electrons. The van der Waals surface area contributed by atoms with Crippen molar-refractivity contribution in [3.8, 4) is 10.7 Å². The first-order valence-electron chi connectivity index (χ1n) is 6.58. The highest BCUT2D eigenvalue weighted by Crippen LogP contribution is 2.21. The molecule has 22 heavy (non-hydrogen) atoms. The number of rotatable bonds is 5. The molecular weight excluding hydrogens is 302 g/mol. The topological polar surface area (TPSA) is 77.2 Å². The van der Waals surface area contributed by atoms with E-state index in [4.69, 9.17) is 9.26 Å². The van der Waals surface area contributed by atoms with E-state index in [9.17, 15) is 4.79 Å². The zero-order chi connectivity index (χ0) is 15.4. The Morgan fingerprint density at radius 3 is 2.95 bits per heavy atom. The molecule has 3 rings (SSSR count). The van der Waals surface area contributed by atoms with Gasteiger partial charge in [0.05, 0.1) is 10.4 Å². The third-order valence-corrected chi connectivity index (χ3v) is 3.82. The van der Waals surface area contributed by atoms with Gasteiger partial charge >= 0.3 is 5.97 Å². The zero-order valence-corrected chi connectivity index (χ0v) is 12.6. The van der Waals surface area contributed by atoms with Crippen LogP contribution in [-0.4, -0.2) is 23.2 Å². The Morgan fingerprint density at radius 1 is 1.32 bits per heavy atom. The minimum Gasteiger partial charge on any atom is -0.452 e. The SMILES string of the molecule is CNc1ccccc1C(=O)OCc1nc(-c2cccs2)no1. The Morgan fingerprint density at radius 2 is 2.18 bits per heavy atom. The van der Waals surface area contributed by atoms with Crippen LogP contribution in [0.15, 0.2) is 46.3 Å². The summed E-state index contributed by atoms with van der Waals surface area (Å²) in [5.41, 5.74) is 1.17. The monoisotopic (exact) mass is 315 g/mol. The number of aromatic nitrogens is 2. The van der Waals surface area contributed by atoms with Crippen LogP contribution >= 0.6 is 11.3 Å². The van der Waals surface area contributed by atoms with Crippen LogP contribution in [0.5, 0.6) is 0 Å². The Bertz CT molecular complexity index is 768. The fourth-order valence-electron chi connectivity index (χ4n) is 1.90. The molecule has 0 saturated carbocycles. The normalized spacial score (nSPS) is 10.4. The van der Waals surface area contributed by atoms with Crippen molar-refractivity contribution in [1.82, 2.24) is 10.1 Å².